The summed E-state index contributed by atoms with van der Waals surface area (Å²) in [7, 11) is 0. The van der Waals surface area contributed by atoms with E-state index in [0.29, 0.717) is 0 Å². The first-order valence-electron chi connectivity index (χ1n) is 7.60. The Morgan fingerprint density at radius 2 is 1.46 bits per heavy atom. The minimum absolute atomic E-state index is 0.359. The number of hydrogen-bond donors (Lipinski definition) is 1. The number of esters is 4. The number of ether oxygens (including phenoxy) is 5. The van der Waals surface area contributed by atoms with E-state index < -0.39 is 54.5 Å². The van der Waals surface area contributed by atoms with Crippen LogP contribution in [0.3, 0.4) is 0 Å². The van der Waals surface area contributed by atoms with Crippen LogP contribution in [0.25, 0.3) is 0 Å². The highest BCUT2D eigenvalue weighted by Crippen LogP contribution is 2.27. The van der Waals surface area contributed by atoms with E-state index in [1.807, 2.05) is 0 Å². The normalized spacial score (nSPS) is 27.4. The Hall–Kier alpha value is -2.87. The summed E-state index contributed by atoms with van der Waals surface area (Å²) in [6.45, 7) is 4.16. The molecule has 0 aromatic heterocycles. The van der Waals surface area contributed by atoms with E-state index >= 15 is 0 Å². The average molecular weight is 372 g/mol. The van der Waals surface area contributed by atoms with Crippen LogP contribution in [-0.4, -0.2) is 61.1 Å². The lowest BCUT2D eigenvalue weighted by molar-refractivity contribution is -0.270. The van der Waals surface area contributed by atoms with Crippen molar-refractivity contribution in [1.29, 1.82) is 5.26 Å². The number of nitriles is 1. The molecule has 1 N–H and O–H groups in total. The van der Waals surface area contributed by atoms with Crippen LogP contribution in [0.15, 0.2) is 0 Å². The second-order valence-corrected chi connectivity index (χ2v) is 5.38. The van der Waals surface area contributed by atoms with Gasteiger partial charge in [0, 0.05) is 27.7 Å². The number of hydrogen-bond acceptors (Lipinski definition) is 11. The number of nitrogens with zero attached hydrogens (tertiary/aromatic N) is 1. The van der Waals surface area contributed by atoms with E-state index in [1.165, 1.54) is 0 Å². The van der Waals surface area contributed by atoms with Crippen LogP contribution in [0.5, 0.6) is 0 Å². The quantitative estimate of drug-likeness (QED) is 0.268. The number of nitrogens with one attached hydrogen (secondary N) is 1. The van der Waals surface area contributed by atoms with Gasteiger partial charge in [0.2, 0.25) is 6.29 Å². The summed E-state index contributed by atoms with van der Waals surface area (Å²) < 4.78 is 25.8. The van der Waals surface area contributed by atoms with Gasteiger partial charge in [0.15, 0.2) is 18.4 Å². The van der Waals surface area contributed by atoms with Crippen LogP contribution in [0.4, 0.5) is 0 Å². The standard InChI is InChI=1S/C15H20N2O9/c1-7(18)22-5-11-13(23-8(2)19)14(24-9(3)20)12(17-6-16)15(26-11)25-10(4)21/h11-15,17H,5H2,1-4H3/t11-,12-,13-,14-,15-/m1/s1. The molecular weight excluding hydrogens is 352 g/mol. The largest absolute Gasteiger partial charge is 0.463 e. The smallest absolute Gasteiger partial charge is 0.305 e. The molecule has 0 aromatic carbocycles. The van der Waals surface area contributed by atoms with Crippen molar-refractivity contribution < 1.29 is 42.9 Å². The van der Waals surface area contributed by atoms with Gasteiger partial charge in [-0.05, 0) is 0 Å². The van der Waals surface area contributed by atoms with E-state index in [1.54, 1.807) is 6.19 Å². The fourth-order valence-electron chi connectivity index (χ4n) is 2.39. The molecule has 0 unspecified atom stereocenters. The topological polar surface area (TPSA) is 150 Å². The van der Waals surface area contributed by atoms with Gasteiger partial charge in [0.05, 0.1) is 0 Å². The van der Waals surface area contributed by atoms with Gasteiger partial charge in [-0.3, -0.25) is 19.2 Å². The highest BCUT2D eigenvalue weighted by molar-refractivity contribution is 5.68. The first kappa shape index (κ1) is 21.2. The van der Waals surface area contributed by atoms with Gasteiger partial charge >= 0.3 is 23.9 Å². The maximum Gasteiger partial charge on any atom is 0.305 e. The third-order valence-electron chi connectivity index (χ3n) is 3.21. The van der Waals surface area contributed by atoms with Crippen molar-refractivity contribution in [3.05, 3.63) is 0 Å². The zero-order valence-electron chi connectivity index (χ0n) is 14.7. The minimum atomic E-state index is -1.36. The van der Waals surface area contributed by atoms with Gasteiger partial charge < -0.3 is 29.0 Å². The van der Waals surface area contributed by atoms with Crippen molar-refractivity contribution >= 4 is 23.9 Å². The average Bonchev–Trinajstić information content (AvgIpc) is 2.49. The van der Waals surface area contributed by atoms with Crippen molar-refractivity contribution in [2.75, 3.05) is 6.61 Å². The summed E-state index contributed by atoms with van der Waals surface area (Å²) in [6, 6.07) is -1.15. The molecule has 5 atom stereocenters. The molecule has 1 heterocycles. The molecule has 26 heavy (non-hydrogen) atoms. The van der Waals surface area contributed by atoms with Crippen LogP contribution in [0.2, 0.25) is 0 Å². The van der Waals surface area contributed by atoms with Crippen molar-refractivity contribution in [3.63, 3.8) is 0 Å². The summed E-state index contributed by atoms with van der Waals surface area (Å²) in [5, 5.41) is 11.3. The first-order valence-corrected chi connectivity index (χ1v) is 7.60. The lowest BCUT2D eigenvalue weighted by atomic mass is 9.96. The van der Waals surface area contributed by atoms with E-state index in [4.69, 9.17) is 28.9 Å². The van der Waals surface area contributed by atoms with E-state index in [2.05, 4.69) is 5.32 Å². The number of carbonyl (C=O) groups excluding carboxylic acids is 4. The lowest BCUT2D eigenvalue weighted by Crippen LogP contribution is -2.65. The van der Waals surface area contributed by atoms with Gasteiger partial charge in [0.25, 0.3) is 0 Å². The van der Waals surface area contributed by atoms with Gasteiger partial charge in [-0.1, -0.05) is 0 Å². The monoisotopic (exact) mass is 372 g/mol. The second kappa shape index (κ2) is 9.57. The molecule has 0 bridgehead atoms. The van der Waals surface area contributed by atoms with Crippen LogP contribution in [0.1, 0.15) is 27.7 Å². The molecule has 0 spiro atoms. The predicted octanol–water partition coefficient (Wildman–Crippen LogP) is -0.860. The van der Waals surface area contributed by atoms with Gasteiger partial charge in [-0.15, -0.1) is 0 Å². The summed E-state index contributed by atoms with van der Waals surface area (Å²) >= 11 is 0. The van der Waals surface area contributed by atoms with E-state index in [-0.39, 0.29) is 6.61 Å². The van der Waals surface area contributed by atoms with Crippen LogP contribution in [-0.2, 0) is 42.9 Å². The molecular formula is C15H20N2O9. The van der Waals surface area contributed by atoms with Crippen molar-refractivity contribution in [2.45, 2.75) is 58.3 Å². The number of carbonyl (C=O) groups is 4. The molecule has 0 aromatic rings. The Labute approximate surface area is 149 Å². The van der Waals surface area contributed by atoms with Crippen molar-refractivity contribution in [1.82, 2.24) is 5.32 Å². The maximum absolute atomic E-state index is 11.5. The molecule has 1 aliphatic rings. The third-order valence-corrected chi connectivity index (χ3v) is 3.21. The van der Waals surface area contributed by atoms with Gasteiger partial charge in [-0.2, -0.15) is 5.26 Å². The third kappa shape index (κ3) is 6.21. The van der Waals surface area contributed by atoms with Crippen LogP contribution < -0.4 is 5.32 Å². The maximum atomic E-state index is 11.5. The molecule has 0 radical (unpaired) electrons. The Morgan fingerprint density at radius 1 is 0.923 bits per heavy atom. The fourth-order valence-corrected chi connectivity index (χ4v) is 2.39. The molecule has 0 aliphatic carbocycles. The van der Waals surface area contributed by atoms with E-state index in [9.17, 15) is 19.2 Å². The molecule has 0 amide bonds. The SMILES string of the molecule is CC(=O)OC[C@H]1O[C@@H](OC(C)=O)[C@H](NC#N)[C@@H](OC(C)=O)[C@@H]1OC(C)=O. The zero-order chi connectivity index (χ0) is 19.9. The zero-order valence-corrected chi connectivity index (χ0v) is 14.7. The number of rotatable bonds is 6. The molecule has 1 saturated heterocycles. The predicted molar refractivity (Wildman–Crippen MR) is 80.7 cm³/mol. The summed E-state index contributed by atoms with van der Waals surface area (Å²) in [6.07, 6.45) is -3.27. The van der Waals surface area contributed by atoms with Crippen molar-refractivity contribution in [3.8, 4) is 6.19 Å². The molecule has 1 aliphatic heterocycles. The fraction of sp³-hybridized carbons (Fsp3) is 0.667. The highest BCUT2D eigenvalue weighted by Gasteiger charge is 2.51. The summed E-state index contributed by atoms with van der Waals surface area (Å²) in [5.74, 6) is -2.80. The van der Waals surface area contributed by atoms with Gasteiger partial charge in [0.1, 0.15) is 18.8 Å². The lowest BCUT2D eigenvalue weighted by Gasteiger charge is -2.43. The summed E-state index contributed by atoms with van der Waals surface area (Å²) in [4.78, 5) is 45.4. The molecule has 1 fully saturated rings. The van der Waals surface area contributed by atoms with Crippen LogP contribution in [0, 0.1) is 11.5 Å². The van der Waals surface area contributed by atoms with Gasteiger partial charge in [-0.25, -0.2) is 0 Å². The molecule has 144 valence electrons. The van der Waals surface area contributed by atoms with Crippen LogP contribution >= 0.6 is 0 Å². The molecule has 11 heteroatoms. The Bertz CT molecular complexity index is 600. The molecule has 0 saturated carbocycles. The Balaban J connectivity index is 3.24. The Kier molecular flexibility index (Phi) is 7.79. The first-order chi connectivity index (χ1) is 12.1. The highest BCUT2D eigenvalue weighted by atomic mass is 16.7. The summed E-state index contributed by atoms with van der Waals surface area (Å²) in [5.41, 5.74) is 0. The van der Waals surface area contributed by atoms with Crippen molar-refractivity contribution in [2.24, 2.45) is 0 Å². The molecule has 11 nitrogen and oxygen atoms in total. The van der Waals surface area contributed by atoms with E-state index in [0.717, 1.165) is 27.7 Å². The second-order valence-electron chi connectivity index (χ2n) is 5.38. The Morgan fingerprint density at radius 3 is 1.92 bits per heavy atom. The minimum Gasteiger partial charge on any atom is -0.463 e. The molecule has 1 rings (SSSR count).